The van der Waals surface area contributed by atoms with Gasteiger partial charge in [-0.3, -0.25) is 4.99 Å². The third-order valence-corrected chi connectivity index (χ3v) is 7.20. The second-order valence-corrected chi connectivity index (χ2v) is 9.67. The summed E-state index contributed by atoms with van der Waals surface area (Å²) in [6.45, 7) is 6.28. The number of anilines is 3. The predicted molar refractivity (Wildman–Crippen MR) is 136 cm³/mol. The minimum Gasteiger partial charge on any atom is -0.353 e. The number of piperazine rings is 1. The summed E-state index contributed by atoms with van der Waals surface area (Å²) >= 11 is 6.08. The van der Waals surface area contributed by atoms with Crippen LogP contribution >= 0.6 is 11.6 Å². The van der Waals surface area contributed by atoms with Gasteiger partial charge in [-0.2, -0.15) is 4.98 Å². The maximum absolute atomic E-state index is 13.8. The van der Waals surface area contributed by atoms with Crippen molar-refractivity contribution in [2.45, 2.75) is 31.8 Å². The molecule has 0 N–H and O–H groups in total. The van der Waals surface area contributed by atoms with Crippen LogP contribution in [0, 0.1) is 5.82 Å². The summed E-state index contributed by atoms with van der Waals surface area (Å²) in [5.74, 6) is 1.89. The molecule has 10 heteroatoms. The second kappa shape index (κ2) is 9.03. The van der Waals surface area contributed by atoms with Crippen LogP contribution in [-0.2, 0) is 0 Å². The van der Waals surface area contributed by atoms with Gasteiger partial charge in [0.1, 0.15) is 17.7 Å². The minimum atomic E-state index is -0.436. The number of aliphatic imine (C=N–C) groups is 1. The number of halogens is 2. The van der Waals surface area contributed by atoms with Crippen LogP contribution in [0.3, 0.4) is 0 Å². The van der Waals surface area contributed by atoms with Crippen LogP contribution in [0.4, 0.5) is 22.1 Å². The van der Waals surface area contributed by atoms with Crippen molar-refractivity contribution >= 4 is 35.5 Å². The highest BCUT2D eigenvalue weighted by atomic mass is 35.5. The smallest absolute Gasteiger partial charge is 0.228 e. The number of hydrogen-bond acceptors (Lipinski definition) is 8. The van der Waals surface area contributed by atoms with Gasteiger partial charge in [-0.15, -0.1) is 0 Å². The largest absolute Gasteiger partial charge is 0.353 e. The summed E-state index contributed by atoms with van der Waals surface area (Å²) in [4.78, 5) is 29.8. The Morgan fingerprint density at radius 2 is 1.69 bits per heavy atom. The number of nitrogens with zero attached hydrogens (tertiary/aromatic N) is 8. The first-order chi connectivity index (χ1) is 17.0. The molecule has 180 valence electrons. The Morgan fingerprint density at radius 3 is 2.34 bits per heavy atom. The quantitative estimate of drug-likeness (QED) is 0.529. The lowest BCUT2D eigenvalue weighted by Gasteiger charge is -2.36. The van der Waals surface area contributed by atoms with Crippen molar-refractivity contribution in [2.24, 2.45) is 4.99 Å². The highest BCUT2D eigenvalue weighted by molar-refractivity contribution is 6.31. The van der Waals surface area contributed by atoms with E-state index in [4.69, 9.17) is 21.6 Å². The van der Waals surface area contributed by atoms with Gasteiger partial charge in [0.25, 0.3) is 0 Å². The van der Waals surface area contributed by atoms with Gasteiger partial charge in [-0.05, 0) is 38.0 Å². The third-order valence-electron chi connectivity index (χ3n) is 6.91. The van der Waals surface area contributed by atoms with Gasteiger partial charge in [-0.25, -0.2) is 19.3 Å². The van der Waals surface area contributed by atoms with Gasteiger partial charge < -0.3 is 14.7 Å². The summed E-state index contributed by atoms with van der Waals surface area (Å²) in [6.07, 6.45) is 7.86. The average Bonchev–Trinajstić information content (AvgIpc) is 3.66. The number of aromatic nitrogens is 4. The normalized spacial score (nSPS) is 21.6. The highest BCUT2D eigenvalue weighted by Crippen LogP contribution is 2.31. The highest BCUT2D eigenvalue weighted by Gasteiger charge is 2.27. The molecule has 2 aromatic heterocycles. The van der Waals surface area contributed by atoms with Crippen LogP contribution in [0.15, 0.2) is 41.7 Å². The lowest BCUT2D eigenvalue weighted by molar-refractivity contribution is 0.628. The van der Waals surface area contributed by atoms with E-state index >= 15 is 0 Å². The molecule has 3 aliphatic heterocycles. The topological polar surface area (TPSA) is 73.6 Å². The molecule has 0 amide bonds. The minimum absolute atomic E-state index is 0.0895. The monoisotopic (exact) mass is 492 g/mol. The van der Waals surface area contributed by atoms with E-state index in [2.05, 4.69) is 36.6 Å². The third kappa shape index (κ3) is 4.52. The molecule has 3 aromatic rings. The molecule has 2 unspecified atom stereocenters. The average molecular weight is 493 g/mol. The molecule has 0 spiro atoms. The molecule has 2 atom stereocenters. The second-order valence-electron chi connectivity index (χ2n) is 9.26. The van der Waals surface area contributed by atoms with E-state index in [-0.39, 0.29) is 11.1 Å². The molecule has 0 radical (unpaired) electrons. The summed E-state index contributed by atoms with van der Waals surface area (Å²) < 4.78 is 13.8. The summed E-state index contributed by atoms with van der Waals surface area (Å²) in [7, 11) is 0. The summed E-state index contributed by atoms with van der Waals surface area (Å²) in [5.41, 5.74) is 2.56. The molecule has 2 saturated heterocycles. The fourth-order valence-corrected chi connectivity index (χ4v) is 4.92. The Bertz CT molecular complexity index is 1250. The van der Waals surface area contributed by atoms with E-state index in [0.717, 1.165) is 74.2 Å². The van der Waals surface area contributed by atoms with E-state index in [9.17, 15) is 4.39 Å². The van der Waals surface area contributed by atoms with Crippen molar-refractivity contribution in [3.8, 4) is 11.3 Å². The molecule has 8 nitrogen and oxygen atoms in total. The van der Waals surface area contributed by atoms with Gasteiger partial charge in [0.2, 0.25) is 11.9 Å². The van der Waals surface area contributed by atoms with Crippen LogP contribution in [0.1, 0.15) is 31.4 Å². The fourth-order valence-electron chi connectivity index (χ4n) is 4.74. The fraction of sp³-hybridized carbons (Fsp3) is 0.400. The molecule has 1 aromatic carbocycles. The van der Waals surface area contributed by atoms with Crippen LogP contribution in [0.2, 0.25) is 5.02 Å². The first kappa shape index (κ1) is 22.2. The van der Waals surface area contributed by atoms with E-state index in [1.807, 2.05) is 24.7 Å². The molecule has 3 aliphatic rings. The molecular formula is C25H26ClFN8. The van der Waals surface area contributed by atoms with E-state index in [0.29, 0.717) is 12.0 Å². The van der Waals surface area contributed by atoms with Crippen LogP contribution in [-0.4, -0.2) is 64.9 Å². The standard InChI is InChI=1S/C25H26ClFN8/c1-16-3-2-6-35(16)25-31-21(17-4-5-20(27)19(26)11-17)12-23(32-25)33-7-9-34(10-8-33)24-29-13-18(14-30-24)22-15-28-22/h4-5,11-16,22H,2-3,6-10H2,1H3. The molecule has 0 aliphatic carbocycles. The van der Waals surface area contributed by atoms with Crippen molar-refractivity contribution in [2.75, 3.05) is 47.4 Å². The molecule has 2 fully saturated rings. The van der Waals surface area contributed by atoms with Crippen molar-refractivity contribution in [1.29, 1.82) is 0 Å². The van der Waals surface area contributed by atoms with Crippen LogP contribution < -0.4 is 14.7 Å². The van der Waals surface area contributed by atoms with Crippen molar-refractivity contribution in [1.82, 2.24) is 19.9 Å². The Balaban J connectivity index is 1.25. The maximum Gasteiger partial charge on any atom is 0.228 e. The lowest BCUT2D eigenvalue weighted by Crippen LogP contribution is -2.47. The molecule has 6 rings (SSSR count). The Hall–Kier alpha value is -3.33. The predicted octanol–water partition coefficient (Wildman–Crippen LogP) is 4.17. The maximum atomic E-state index is 13.8. The van der Waals surface area contributed by atoms with Crippen molar-refractivity contribution < 1.29 is 4.39 Å². The van der Waals surface area contributed by atoms with Gasteiger partial charge >= 0.3 is 0 Å². The number of hydrogen-bond donors (Lipinski definition) is 0. The molecular weight excluding hydrogens is 467 g/mol. The molecule has 35 heavy (non-hydrogen) atoms. The molecule has 5 heterocycles. The SMILES string of the molecule is CC1CCCN1c1nc(-c2ccc(F)c(Cl)c2)cc(N2CCN(c3ncc(C4C=N4)cn3)CC2)n1. The lowest BCUT2D eigenvalue weighted by atomic mass is 10.1. The van der Waals surface area contributed by atoms with E-state index in [1.54, 1.807) is 12.1 Å². The summed E-state index contributed by atoms with van der Waals surface area (Å²) in [5, 5.41) is 0.0895. The van der Waals surface area contributed by atoms with Crippen molar-refractivity contribution in [3.05, 3.63) is 53.1 Å². The van der Waals surface area contributed by atoms with Gasteiger partial charge in [0, 0.05) is 74.6 Å². The Labute approximate surface area is 208 Å². The van der Waals surface area contributed by atoms with E-state index in [1.165, 1.54) is 6.07 Å². The zero-order valence-corrected chi connectivity index (χ0v) is 20.2. The van der Waals surface area contributed by atoms with Crippen molar-refractivity contribution in [3.63, 3.8) is 0 Å². The molecule has 0 saturated carbocycles. The van der Waals surface area contributed by atoms with Crippen LogP contribution in [0.25, 0.3) is 11.3 Å². The Kier molecular flexibility index (Phi) is 5.72. The Morgan fingerprint density at radius 1 is 0.943 bits per heavy atom. The zero-order valence-electron chi connectivity index (χ0n) is 19.5. The first-order valence-corrected chi connectivity index (χ1v) is 12.4. The van der Waals surface area contributed by atoms with Gasteiger partial charge in [0.05, 0.1) is 10.7 Å². The number of benzene rings is 1. The van der Waals surface area contributed by atoms with E-state index < -0.39 is 5.82 Å². The number of rotatable bonds is 5. The molecule has 0 bridgehead atoms. The van der Waals surface area contributed by atoms with Gasteiger partial charge in [0.15, 0.2) is 0 Å². The zero-order chi connectivity index (χ0) is 23.9. The summed E-state index contributed by atoms with van der Waals surface area (Å²) in [6, 6.07) is 7.26. The van der Waals surface area contributed by atoms with Crippen LogP contribution in [0.5, 0.6) is 0 Å². The van der Waals surface area contributed by atoms with Gasteiger partial charge in [-0.1, -0.05) is 11.6 Å². The first-order valence-electron chi connectivity index (χ1n) is 12.0.